The molecular weight excluding hydrogens is 362 g/mol. The van der Waals surface area contributed by atoms with Crippen molar-refractivity contribution in [1.29, 1.82) is 0 Å². The molecule has 1 saturated carbocycles. The molecule has 1 heterocycles. The van der Waals surface area contributed by atoms with Crippen LogP contribution < -0.4 is 5.32 Å². The monoisotopic (exact) mass is 375 g/mol. The van der Waals surface area contributed by atoms with Gasteiger partial charge in [-0.05, 0) is 30.4 Å². The predicted molar refractivity (Wildman–Crippen MR) is 91.2 cm³/mol. The standard InChI is InChI=1S/C17H14ClN3O5/c18-11-4-3-10(6-12(11)21(25)26)19-13(22)7-20-16(23)14-8-1-2-9(5-8)15(14)17(20)24/h1-4,6,8-9,14-15H,5,7H2,(H,19,22)/t8-,9-,14+,15+/m0/s1. The Morgan fingerprint density at radius 3 is 2.42 bits per heavy atom. The number of halogens is 1. The third-order valence-corrected chi connectivity index (χ3v) is 5.61. The van der Waals surface area contributed by atoms with Crippen molar-refractivity contribution >= 4 is 40.7 Å². The Morgan fingerprint density at radius 2 is 1.85 bits per heavy atom. The summed E-state index contributed by atoms with van der Waals surface area (Å²) in [5, 5.41) is 13.3. The van der Waals surface area contributed by atoms with E-state index in [9.17, 15) is 24.5 Å². The first-order valence-corrected chi connectivity index (χ1v) is 8.52. The number of benzene rings is 1. The van der Waals surface area contributed by atoms with Crippen molar-refractivity contribution in [3.05, 3.63) is 45.5 Å². The van der Waals surface area contributed by atoms with Gasteiger partial charge in [0, 0.05) is 11.8 Å². The zero-order chi connectivity index (χ0) is 18.6. The first-order valence-electron chi connectivity index (χ1n) is 8.14. The molecule has 9 heteroatoms. The lowest BCUT2D eigenvalue weighted by Gasteiger charge is -2.16. The summed E-state index contributed by atoms with van der Waals surface area (Å²) in [5.74, 6) is -1.78. The quantitative estimate of drug-likeness (QED) is 0.374. The van der Waals surface area contributed by atoms with E-state index in [-0.39, 0.29) is 51.9 Å². The molecule has 26 heavy (non-hydrogen) atoms. The maximum atomic E-state index is 12.5. The lowest BCUT2D eigenvalue weighted by Crippen LogP contribution is -2.39. The third kappa shape index (κ3) is 2.48. The highest BCUT2D eigenvalue weighted by atomic mass is 35.5. The second kappa shape index (κ2) is 5.91. The van der Waals surface area contributed by atoms with Gasteiger partial charge in [-0.15, -0.1) is 0 Å². The van der Waals surface area contributed by atoms with E-state index in [0.29, 0.717) is 0 Å². The molecule has 2 aliphatic carbocycles. The molecule has 1 N–H and O–H groups in total. The second-order valence-electron chi connectivity index (χ2n) is 6.73. The molecule has 2 bridgehead atoms. The molecule has 1 aromatic rings. The van der Waals surface area contributed by atoms with Crippen LogP contribution in [0, 0.1) is 33.8 Å². The summed E-state index contributed by atoms with van der Waals surface area (Å²) < 4.78 is 0. The van der Waals surface area contributed by atoms with E-state index in [1.165, 1.54) is 12.1 Å². The molecule has 4 rings (SSSR count). The van der Waals surface area contributed by atoms with Gasteiger partial charge in [-0.3, -0.25) is 29.4 Å². The summed E-state index contributed by atoms with van der Waals surface area (Å²) >= 11 is 5.73. The van der Waals surface area contributed by atoms with Crippen LogP contribution in [0.3, 0.4) is 0 Å². The number of anilines is 1. The lowest BCUT2D eigenvalue weighted by atomic mass is 9.85. The average molecular weight is 376 g/mol. The number of carbonyl (C=O) groups is 3. The van der Waals surface area contributed by atoms with Crippen LogP contribution in [-0.2, 0) is 14.4 Å². The van der Waals surface area contributed by atoms with Crippen molar-refractivity contribution in [2.24, 2.45) is 23.7 Å². The molecule has 134 valence electrons. The minimum Gasteiger partial charge on any atom is -0.324 e. The topological polar surface area (TPSA) is 110 Å². The molecule has 3 aliphatic rings. The largest absolute Gasteiger partial charge is 0.324 e. The summed E-state index contributed by atoms with van der Waals surface area (Å²) in [4.78, 5) is 48.6. The first kappa shape index (κ1) is 16.7. The van der Waals surface area contributed by atoms with Crippen molar-refractivity contribution < 1.29 is 19.3 Å². The molecule has 0 radical (unpaired) electrons. The molecule has 2 fully saturated rings. The Kier molecular flexibility index (Phi) is 3.80. The van der Waals surface area contributed by atoms with Gasteiger partial charge in [0.1, 0.15) is 11.6 Å². The van der Waals surface area contributed by atoms with E-state index in [1.54, 1.807) is 0 Å². The Labute approximate surface area is 152 Å². The Morgan fingerprint density at radius 1 is 1.23 bits per heavy atom. The third-order valence-electron chi connectivity index (χ3n) is 5.29. The molecule has 3 amide bonds. The number of likely N-dealkylation sites (tertiary alicyclic amines) is 1. The number of amides is 3. The SMILES string of the molecule is O=C(CN1C(=O)[C@H]2[C@H](C1=O)[C@H]1C=C[C@H]2C1)Nc1ccc(Cl)c([N+](=O)[O-])c1. The van der Waals surface area contributed by atoms with Crippen LogP contribution in [0.2, 0.25) is 5.02 Å². The summed E-state index contributed by atoms with van der Waals surface area (Å²) in [7, 11) is 0. The highest BCUT2D eigenvalue weighted by Crippen LogP contribution is 2.52. The predicted octanol–water partition coefficient (Wildman–Crippen LogP) is 1.99. The number of rotatable bonds is 4. The minimum absolute atomic E-state index is 0.0475. The lowest BCUT2D eigenvalue weighted by molar-refractivity contribution is -0.384. The normalized spacial score (nSPS) is 28.6. The first-order chi connectivity index (χ1) is 12.4. The van der Waals surface area contributed by atoms with Crippen LogP contribution in [0.15, 0.2) is 30.4 Å². The molecule has 0 spiro atoms. The summed E-state index contributed by atoms with van der Waals surface area (Å²) in [6.07, 6.45) is 4.78. The van der Waals surface area contributed by atoms with E-state index in [4.69, 9.17) is 11.6 Å². The highest BCUT2D eigenvalue weighted by molar-refractivity contribution is 6.32. The molecule has 0 aromatic heterocycles. The zero-order valence-corrected chi connectivity index (χ0v) is 14.2. The van der Waals surface area contributed by atoms with Gasteiger partial charge >= 0.3 is 0 Å². The van der Waals surface area contributed by atoms with Crippen molar-refractivity contribution in [1.82, 2.24) is 4.90 Å². The number of nitro groups is 1. The summed E-state index contributed by atoms with van der Waals surface area (Å²) in [5.41, 5.74) is -0.165. The molecule has 1 aliphatic heterocycles. The Hall–Kier alpha value is -2.74. The summed E-state index contributed by atoms with van der Waals surface area (Å²) in [6.45, 7) is -0.402. The number of hydrogen-bond donors (Lipinski definition) is 1. The molecule has 0 unspecified atom stereocenters. The van der Waals surface area contributed by atoms with E-state index < -0.39 is 17.4 Å². The van der Waals surface area contributed by atoms with Crippen LogP contribution in [0.1, 0.15) is 6.42 Å². The number of nitro benzene ring substituents is 1. The van der Waals surface area contributed by atoms with E-state index in [0.717, 1.165) is 17.4 Å². The van der Waals surface area contributed by atoms with Gasteiger partial charge in [0.2, 0.25) is 17.7 Å². The van der Waals surface area contributed by atoms with E-state index >= 15 is 0 Å². The minimum atomic E-state index is -0.657. The van der Waals surface area contributed by atoms with Crippen LogP contribution in [0.4, 0.5) is 11.4 Å². The number of imide groups is 1. The molecule has 8 nitrogen and oxygen atoms in total. The molecule has 4 atom stereocenters. The van der Waals surface area contributed by atoms with Gasteiger partial charge in [-0.25, -0.2) is 0 Å². The fourth-order valence-electron chi connectivity index (χ4n) is 4.19. The van der Waals surface area contributed by atoms with Crippen LogP contribution in [0.5, 0.6) is 0 Å². The Bertz CT molecular complexity index is 853. The van der Waals surface area contributed by atoms with E-state index in [1.807, 2.05) is 12.2 Å². The number of allylic oxidation sites excluding steroid dienone is 2. The molecule has 1 saturated heterocycles. The second-order valence-corrected chi connectivity index (χ2v) is 7.14. The smallest absolute Gasteiger partial charge is 0.289 e. The van der Waals surface area contributed by atoms with Gasteiger partial charge in [0.05, 0.1) is 16.8 Å². The van der Waals surface area contributed by atoms with Gasteiger partial charge in [-0.1, -0.05) is 23.8 Å². The van der Waals surface area contributed by atoms with Crippen LogP contribution >= 0.6 is 11.6 Å². The highest BCUT2D eigenvalue weighted by Gasteiger charge is 2.59. The maximum absolute atomic E-state index is 12.5. The van der Waals surface area contributed by atoms with E-state index in [2.05, 4.69) is 5.32 Å². The Balaban J connectivity index is 1.46. The molecule has 1 aromatic carbocycles. The van der Waals surface area contributed by atoms with Crippen molar-refractivity contribution in [2.45, 2.75) is 6.42 Å². The zero-order valence-electron chi connectivity index (χ0n) is 13.4. The van der Waals surface area contributed by atoms with Crippen molar-refractivity contribution in [3.63, 3.8) is 0 Å². The maximum Gasteiger partial charge on any atom is 0.289 e. The van der Waals surface area contributed by atoms with Gasteiger partial charge in [-0.2, -0.15) is 0 Å². The summed E-state index contributed by atoms with van der Waals surface area (Å²) in [6, 6.07) is 3.85. The number of fused-ring (bicyclic) bond motifs is 5. The molecular formula is C17H14ClN3O5. The fourth-order valence-corrected chi connectivity index (χ4v) is 4.38. The fraction of sp³-hybridized carbons (Fsp3) is 0.353. The van der Waals surface area contributed by atoms with Crippen LogP contribution in [-0.4, -0.2) is 34.1 Å². The number of nitrogens with one attached hydrogen (secondary N) is 1. The van der Waals surface area contributed by atoms with Gasteiger partial charge < -0.3 is 5.32 Å². The van der Waals surface area contributed by atoms with Crippen LogP contribution in [0.25, 0.3) is 0 Å². The van der Waals surface area contributed by atoms with Gasteiger partial charge in [0.15, 0.2) is 0 Å². The van der Waals surface area contributed by atoms with Crippen molar-refractivity contribution in [2.75, 3.05) is 11.9 Å². The number of hydrogen-bond acceptors (Lipinski definition) is 5. The average Bonchev–Trinajstić information content (AvgIpc) is 3.26. The van der Waals surface area contributed by atoms with Gasteiger partial charge in [0.25, 0.3) is 5.69 Å². The van der Waals surface area contributed by atoms with Crippen molar-refractivity contribution in [3.8, 4) is 0 Å². The number of nitrogens with zero attached hydrogens (tertiary/aromatic N) is 2. The number of carbonyl (C=O) groups excluding carboxylic acids is 3.